The van der Waals surface area contributed by atoms with E-state index in [1.54, 1.807) is 6.92 Å². The summed E-state index contributed by atoms with van der Waals surface area (Å²) in [6.45, 7) is 1.87. The van der Waals surface area contributed by atoms with Gasteiger partial charge in [-0.15, -0.1) is 0 Å². The largest absolute Gasteiger partial charge is 0.243 e. The number of sulfonamides is 1. The van der Waals surface area contributed by atoms with Crippen LogP contribution in [0.3, 0.4) is 0 Å². The van der Waals surface area contributed by atoms with Gasteiger partial charge in [0, 0.05) is 19.3 Å². The van der Waals surface area contributed by atoms with Gasteiger partial charge in [-0.1, -0.05) is 0 Å². The van der Waals surface area contributed by atoms with Crippen molar-refractivity contribution in [3.63, 3.8) is 0 Å². The van der Waals surface area contributed by atoms with E-state index in [-0.39, 0.29) is 30.8 Å². The van der Waals surface area contributed by atoms with Crippen LogP contribution in [0.4, 0.5) is 4.39 Å². The smallest absolute Gasteiger partial charge is 0.229 e. The molecule has 5 nitrogen and oxygen atoms in total. The molecule has 1 aliphatic heterocycles. The van der Waals surface area contributed by atoms with Gasteiger partial charge >= 0.3 is 0 Å². The molecule has 2 rings (SSSR count). The molecule has 21 heavy (non-hydrogen) atoms. The average molecular weight is 335 g/mol. The van der Waals surface area contributed by atoms with Crippen LogP contribution in [0.1, 0.15) is 18.4 Å². The second-order valence-corrected chi connectivity index (χ2v) is 9.57. The molecular weight excluding hydrogens is 317 g/mol. The first kappa shape index (κ1) is 16.4. The van der Waals surface area contributed by atoms with Crippen LogP contribution in [0.5, 0.6) is 0 Å². The van der Waals surface area contributed by atoms with E-state index < -0.39 is 30.9 Å². The lowest BCUT2D eigenvalue weighted by Gasteiger charge is -2.30. The van der Waals surface area contributed by atoms with Gasteiger partial charge in [-0.2, -0.15) is 4.31 Å². The lowest BCUT2D eigenvalue weighted by Crippen LogP contribution is -2.42. The minimum Gasteiger partial charge on any atom is -0.229 e. The molecule has 1 aliphatic rings. The minimum absolute atomic E-state index is 0.0710. The van der Waals surface area contributed by atoms with E-state index in [0.29, 0.717) is 5.56 Å². The highest BCUT2D eigenvalue weighted by molar-refractivity contribution is 7.91. The normalized spacial score (nSPS) is 18.8. The summed E-state index contributed by atoms with van der Waals surface area (Å²) < 4.78 is 62.4. The monoisotopic (exact) mass is 335 g/mol. The predicted molar refractivity (Wildman–Crippen MR) is 77.8 cm³/mol. The van der Waals surface area contributed by atoms with Gasteiger partial charge in [0.1, 0.15) is 15.7 Å². The number of benzene rings is 1. The highest BCUT2D eigenvalue weighted by Gasteiger charge is 2.33. The molecule has 0 bridgehead atoms. The minimum atomic E-state index is -3.71. The van der Waals surface area contributed by atoms with Crippen molar-refractivity contribution in [2.75, 3.05) is 19.3 Å². The zero-order valence-corrected chi connectivity index (χ0v) is 13.5. The number of rotatable bonds is 3. The number of aryl methyl sites for hydroxylation is 1. The van der Waals surface area contributed by atoms with Gasteiger partial charge in [0.15, 0.2) is 0 Å². The highest BCUT2D eigenvalue weighted by atomic mass is 32.2. The van der Waals surface area contributed by atoms with E-state index in [1.165, 1.54) is 22.7 Å². The molecule has 0 unspecified atom stereocenters. The Labute approximate surface area is 124 Å². The molecule has 1 aromatic rings. The van der Waals surface area contributed by atoms with Gasteiger partial charge in [0.25, 0.3) is 0 Å². The molecule has 0 saturated carbocycles. The summed E-state index contributed by atoms with van der Waals surface area (Å²) in [6, 6.07) is 3.54. The maximum absolute atomic E-state index is 13.1. The van der Waals surface area contributed by atoms with E-state index in [0.717, 1.165) is 6.07 Å². The van der Waals surface area contributed by atoms with Crippen LogP contribution >= 0.6 is 0 Å². The van der Waals surface area contributed by atoms with E-state index in [9.17, 15) is 21.2 Å². The molecule has 0 atom stereocenters. The second-order valence-electron chi connectivity index (χ2n) is 5.34. The zero-order valence-electron chi connectivity index (χ0n) is 11.9. The third kappa shape index (κ3) is 3.44. The molecular formula is C13H18FNO4S2. The molecule has 1 saturated heterocycles. The molecule has 1 heterocycles. The van der Waals surface area contributed by atoms with Gasteiger partial charge < -0.3 is 0 Å². The first-order valence-electron chi connectivity index (χ1n) is 6.57. The van der Waals surface area contributed by atoms with E-state index >= 15 is 0 Å². The maximum atomic E-state index is 13.1. The number of nitrogens with zero attached hydrogens (tertiary/aromatic N) is 1. The molecule has 118 valence electrons. The molecule has 0 radical (unpaired) electrons. The quantitative estimate of drug-likeness (QED) is 0.835. The third-order valence-electron chi connectivity index (χ3n) is 3.76. The topological polar surface area (TPSA) is 71.5 Å². The number of sulfone groups is 1. The predicted octanol–water partition coefficient (Wildman–Crippen LogP) is 1.33. The summed E-state index contributed by atoms with van der Waals surface area (Å²) in [5.74, 6) is -0.484. The Morgan fingerprint density at radius 2 is 1.71 bits per heavy atom. The first-order valence-corrected chi connectivity index (χ1v) is 9.97. The van der Waals surface area contributed by atoms with Crippen molar-refractivity contribution in [3.8, 4) is 0 Å². The fourth-order valence-corrected chi connectivity index (χ4v) is 5.28. The first-order chi connectivity index (χ1) is 9.62. The van der Waals surface area contributed by atoms with Gasteiger partial charge in [0.05, 0.1) is 10.1 Å². The molecule has 0 amide bonds. The summed E-state index contributed by atoms with van der Waals surface area (Å²) >= 11 is 0. The summed E-state index contributed by atoms with van der Waals surface area (Å²) in [5.41, 5.74) is 0.347. The van der Waals surface area contributed by atoms with Crippen LogP contribution in [0.15, 0.2) is 23.1 Å². The van der Waals surface area contributed by atoms with Crippen LogP contribution < -0.4 is 0 Å². The molecule has 1 aromatic carbocycles. The summed E-state index contributed by atoms with van der Waals surface area (Å²) in [7, 11) is -6.85. The molecule has 0 aliphatic carbocycles. The number of piperidine rings is 1. The maximum Gasteiger partial charge on any atom is 0.243 e. The van der Waals surface area contributed by atoms with E-state index in [4.69, 9.17) is 0 Å². The van der Waals surface area contributed by atoms with Crippen molar-refractivity contribution in [1.29, 1.82) is 0 Å². The van der Waals surface area contributed by atoms with Crippen LogP contribution in [-0.4, -0.2) is 45.7 Å². The lowest BCUT2D eigenvalue weighted by atomic mass is 10.2. The zero-order chi connectivity index (χ0) is 15.8. The van der Waals surface area contributed by atoms with Crippen molar-refractivity contribution in [2.24, 2.45) is 0 Å². The Morgan fingerprint density at radius 3 is 2.19 bits per heavy atom. The molecule has 0 N–H and O–H groups in total. The van der Waals surface area contributed by atoms with Crippen LogP contribution in [0, 0.1) is 12.7 Å². The summed E-state index contributed by atoms with van der Waals surface area (Å²) in [6.07, 6.45) is 1.75. The van der Waals surface area contributed by atoms with Gasteiger partial charge in [-0.3, -0.25) is 0 Å². The molecule has 0 aromatic heterocycles. The Kier molecular flexibility index (Phi) is 4.41. The molecule has 1 fully saturated rings. The van der Waals surface area contributed by atoms with Crippen molar-refractivity contribution in [2.45, 2.75) is 29.9 Å². The fraction of sp³-hybridized carbons (Fsp3) is 0.538. The lowest BCUT2D eigenvalue weighted by molar-refractivity contribution is 0.346. The number of halogens is 1. The Bertz CT molecular complexity index is 735. The third-order valence-corrected chi connectivity index (χ3v) is 7.50. The Hall–Kier alpha value is -0.990. The molecule has 0 spiro atoms. The Balaban J connectivity index is 2.23. The van der Waals surface area contributed by atoms with Gasteiger partial charge in [-0.25, -0.2) is 21.2 Å². The van der Waals surface area contributed by atoms with Crippen LogP contribution in [0.2, 0.25) is 0 Å². The van der Waals surface area contributed by atoms with Gasteiger partial charge in [-0.05, 0) is 43.5 Å². The number of hydrogen-bond donors (Lipinski definition) is 0. The standard InChI is InChI=1S/C13H18FNO4S2/c1-10-9-11(14)3-4-13(10)21(18,19)15-7-5-12(6-8-15)20(2,16)17/h3-4,9,12H,5-8H2,1-2H3. The summed E-state index contributed by atoms with van der Waals surface area (Å²) in [5, 5.41) is -0.488. The van der Waals surface area contributed by atoms with Crippen molar-refractivity contribution in [3.05, 3.63) is 29.6 Å². The average Bonchev–Trinajstić information content (AvgIpc) is 2.37. The van der Waals surface area contributed by atoms with Gasteiger partial charge in [0.2, 0.25) is 10.0 Å². The van der Waals surface area contributed by atoms with Crippen molar-refractivity contribution >= 4 is 19.9 Å². The van der Waals surface area contributed by atoms with E-state index in [1.807, 2.05) is 0 Å². The SMILES string of the molecule is Cc1cc(F)ccc1S(=O)(=O)N1CCC(S(C)(=O)=O)CC1. The fourth-order valence-electron chi connectivity index (χ4n) is 2.54. The highest BCUT2D eigenvalue weighted by Crippen LogP contribution is 2.25. The van der Waals surface area contributed by atoms with Crippen LogP contribution in [0.25, 0.3) is 0 Å². The van der Waals surface area contributed by atoms with Crippen LogP contribution in [-0.2, 0) is 19.9 Å². The number of hydrogen-bond acceptors (Lipinski definition) is 4. The second kappa shape index (κ2) is 5.66. The van der Waals surface area contributed by atoms with E-state index in [2.05, 4.69) is 0 Å². The van der Waals surface area contributed by atoms with Crippen molar-refractivity contribution in [1.82, 2.24) is 4.31 Å². The molecule has 8 heteroatoms. The Morgan fingerprint density at radius 1 is 1.14 bits per heavy atom. The van der Waals surface area contributed by atoms with Crippen molar-refractivity contribution < 1.29 is 21.2 Å². The summed E-state index contributed by atoms with van der Waals surface area (Å²) in [4.78, 5) is 0.0710.